The highest BCUT2D eigenvalue weighted by Crippen LogP contribution is 2.29. The van der Waals surface area contributed by atoms with Crippen molar-refractivity contribution < 1.29 is 14.3 Å². The smallest absolute Gasteiger partial charge is 0.254 e. The number of amides is 2. The first-order valence-electron chi connectivity index (χ1n) is 10.7. The van der Waals surface area contributed by atoms with Crippen LogP contribution in [-0.4, -0.2) is 53.0 Å². The third-order valence-corrected chi connectivity index (χ3v) is 5.73. The number of carbonyl (C=O) groups excluding carboxylic acids is 2. The van der Waals surface area contributed by atoms with Crippen LogP contribution in [0.1, 0.15) is 32.3 Å². The summed E-state index contributed by atoms with van der Waals surface area (Å²) in [6.45, 7) is 4.94. The number of pyridine rings is 1. The molecule has 4 rings (SSSR count). The summed E-state index contributed by atoms with van der Waals surface area (Å²) in [6, 6.07) is 12.3. The van der Waals surface area contributed by atoms with Crippen molar-refractivity contribution in [3.63, 3.8) is 0 Å². The van der Waals surface area contributed by atoms with Crippen LogP contribution in [-0.2, 0) is 20.7 Å². The molecular formula is C24H29N3O3. The van der Waals surface area contributed by atoms with Gasteiger partial charge in [-0.05, 0) is 35.6 Å². The molecule has 2 amide bonds. The lowest BCUT2D eigenvalue weighted by Crippen LogP contribution is -2.62. The highest BCUT2D eigenvalue weighted by molar-refractivity contribution is 5.88. The predicted molar refractivity (Wildman–Crippen MR) is 115 cm³/mol. The lowest BCUT2D eigenvalue weighted by atomic mass is 9.89. The van der Waals surface area contributed by atoms with Crippen molar-refractivity contribution in [3.8, 4) is 11.1 Å². The summed E-state index contributed by atoms with van der Waals surface area (Å²) < 4.78 is 6.15. The highest BCUT2D eigenvalue weighted by Gasteiger charge is 2.46. The third-order valence-electron chi connectivity index (χ3n) is 5.73. The van der Waals surface area contributed by atoms with Crippen molar-refractivity contribution in [2.75, 3.05) is 19.7 Å². The summed E-state index contributed by atoms with van der Waals surface area (Å²) in [7, 11) is 0. The van der Waals surface area contributed by atoms with Gasteiger partial charge in [-0.2, -0.15) is 0 Å². The maximum Gasteiger partial charge on any atom is 0.254 e. The van der Waals surface area contributed by atoms with Crippen LogP contribution >= 0.6 is 0 Å². The molecule has 1 aromatic carbocycles. The Kier molecular flexibility index (Phi) is 5.86. The fourth-order valence-corrected chi connectivity index (χ4v) is 3.93. The molecule has 0 unspecified atom stereocenters. The van der Waals surface area contributed by atoms with Crippen molar-refractivity contribution in [1.82, 2.24) is 15.2 Å². The lowest BCUT2D eigenvalue weighted by molar-refractivity contribution is -0.167. The topological polar surface area (TPSA) is 71.5 Å². The SMILES string of the molecule is CC(C)C(=O)N1CCO[C@@](Cc2cccc(-c3cccnc3)c2)(C(=O)NC2CC2)C1. The Morgan fingerprint density at radius 1 is 1.23 bits per heavy atom. The van der Waals surface area contributed by atoms with Gasteiger partial charge in [0.05, 0.1) is 13.2 Å². The Morgan fingerprint density at radius 2 is 2.03 bits per heavy atom. The highest BCUT2D eigenvalue weighted by atomic mass is 16.5. The molecule has 1 aliphatic heterocycles. The van der Waals surface area contributed by atoms with Gasteiger partial charge in [0.1, 0.15) is 0 Å². The fourth-order valence-electron chi connectivity index (χ4n) is 3.93. The quantitative estimate of drug-likeness (QED) is 0.799. The van der Waals surface area contributed by atoms with Gasteiger partial charge in [0.15, 0.2) is 5.60 Å². The van der Waals surface area contributed by atoms with Crippen LogP contribution in [0, 0.1) is 5.92 Å². The monoisotopic (exact) mass is 407 g/mol. The molecule has 0 spiro atoms. The molecular weight excluding hydrogens is 378 g/mol. The number of hydrogen-bond acceptors (Lipinski definition) is 4. The molecule has 158 valence electrons. The molecule has 0 bridgehead atoms. The number of aromatic nitrogens is 1. The van der Waals surface area contributed by atoms with E-state index in [9.17, 15) is 9.59 Å². The van der Waals surface area contributed by atoms with Gasteiger partial charge in [-0.15, -0.1) is 0 Å². The molecule has 0 radical (unpaired) electrons. The summed E-state index contributed by atoms with van der Waals surface area (Å²) >= 11 is 0. The molecule has 2 heterocycles. The van der Waals surface area contributed by atoms with E-state index in [2.05, 4.69) is 16.4 Å². The van der Waals surface area contributed by atoms with Crippen LogP contribution in [0.3, 0.4) is 0 Å². The Balaban J connectivity index is 1.62. The Morgan fingerprint density at radius 3 is 2.73 bits per heavy atom. The average molecular weight is 408 g/mol. The predicted octanol–water partition coefficient (Wildman–Crippen LogP) is 2.82. The second-order valence-corrected chi connectivity index (χ2v) is 8.62. The summed E-state index contributed by atoms with van der Waals surface area (Å²) in [5.74, 6) is -0.162. The van der Waals surface area contributed by atoms with Gasteiger partial charge in [0, 0.05) is 37.3 Å². The van der Waals surface area contributed by atoms with Gasteiger partial charge in [0.2, 0.25) is 5.91 Å². The first-order chi connectivity index (χ1) is 14.5. The van der Waals surface area contributed by atoms with Gasteiger partial charge in [0.25, 0.3) is 5.91 Å². The number of rotatable bonds is 6. The molecule has 1 saturated heterocycles. The van der Waals surface area contributed by atoms with E-state index in [0.29, 0.717) is 19.6 Å². The van der Waals surface area contributed by atoms with Crippen LogP contribution in [0.4, 0.5) is 0 Å². The number of hydrogen-bond donors (Lipinski definition) is 1. The summed E-state index contributed by atoms with van der Waals surface area (Å²) in [5.41, 5.74) is 2.00. The molecule has 2 fully saturated rings. The largest absolute Gasteiger partial charge is 0.361 e. The second kappa shape index (κ2) is 8.56. The molecule has 6 nitrogen and oxygen atoms in total. The number of benzene rings is 1. The van der Waals surface area contributed by atoms with E-state index in [4.69, 9.17) is 4.74 Å². The summed E-state index contributed by atoms with van der Waals surface area (Å²) in [4.78, 5) is 31.9. The van der Waals surface area contributed by atoms with Crippen molar-refractivity contribution in [3.05, 3.63) is 54.4 Å². The van der Waals surface area contributed by atoms with E-state index in [1.165, 1.54) is 0 Å². The maximum absolute atomic E-state index is 13.3. The number of nitrogens with zero attached hydrogens (tertiary/aromatic N) is 2. The van der Waals surface area contributed by atoms with E-state index in [1.54, 1.807) is 11.1 Å². The van der Waals surface area contributed by atoms with Crippen molar-refractivity contribution in [2.45, 2.75) is 44.8 Å². The summed E-state index contributed by atoms with van der Waals surface area (Å²) in [6.07, 6.45) is 6.01. The van der Waals surface area contributed by atoms with Crippen LogP contribution in [0.5, 0.6) is 0 Å². The molecule has 1 aliphatic carbocycles. The molecule has 2 aromatic rings. The van der Waals surface area contributed by atoms with E-state index < -0.39 is 5.60 Å². The third kappa shape index (κ3) is 4.54. The van der Waals surface area contributed by atoms with Crippen molar-refractivity contribution in [1.29, 1.82) is 0 Å². The minimum atomic E-state index is -1.07. The van der Waals surface area contributed by atoms with E-state index in [1.807, 2.05) is 50.4 Å². The average Bonchev–Trinajstić information content (AvgIpc) is 3.58. The Hall–Kier alpha value is -2.73. The first kappa shape index (κ1) is 20.5. The minimum Gasteiger partial charge on any atom is -0.361 e. The van der Waals surface area contributed by atoms with E-state index in [0.717, 1.165) is 29.5 Å². The van der Waals surface area contributed by atoms with E-state index in [-0.39, 0.29) is 30.3 Å². The van der Waals surface area contributed by atoms with Crippen LogP contribution in [0.15, 0.2) is 48.8 Å². The Labute approximate surface area is 177 Å². The van der Waals surface area contributed by atoms with Crippen LogP contribution < -0.4 is 5.32 Å². The molecule has 30 heavy (non-hydrogen) atoms. The Bertz CT molecular complexity index is 911. The van der Waals surface area contributed by atoms with Gasteiger partial charge in [-0.1, -0.05) is 44.2 Å². The fraction of sp³-hybridized carbons (Fsp3) is 0.458. The minimum absolute atomic E-state index is 0.0611. The zero-order valence-corrected chi connectivity index (χ0v) is 17.6. The van der Waals surface area contributed by atoms with Crippen LogP contribution in [0.2, 0.25) is 0 Å². The van der Waals surface area contributed by atoms with E-state index >= 15 is 0 Å². The second-order valence-electron chi connectivity index (χ2n) is 8.62. The number of morpholine rings is 1. The van der Waals surface area contributed by atoms with Crippen LogP contribution in [0.25, 0.3) is 11.1 Å². The molecule has 1 atom stereocenters. The lowest BCUT2D eigenvalue weighted by Gasteiger charge is -2.42. The number of nitrogens with one attached hydrogen (secondary N) is 1. The molecule has 6 heteroatoms. The molecule has 1 saturated carbocycles. The first-order valence-corrected chi connectivity index (χ1v) is 10.7. The number of ether oxygens (including phenoxy) is 1. The molecule has 1 aromatic heterocycles. The zero-order chi connectivity index (χ0) is 21.1. The number of carbonyl (C=O) groups is 2. The zero-order valence-electron chi connectivity index (χ0n) is 17.6. The van der Waals surface area contributed by atoms with Gasteiger partial charge >= 0.3 is 0 Å². The standard InChI is InChI=1S/C24H29N3O3/c1-17(2)22(28)27-11-12-30-24(16-27,23(29)26-21-8-9-21)14-18-5-3-6-19(13-18)20-7-4-10-25-15-20/h3-7,10,13,15,17,21H,8-9,11-12,14,16H2,1-2H3,(H,26,29)/t24-/m1/s1. The molecule has 1 N–H and O–H groups in total. The van der Waals surface area contributed by atoms with Crippen molar-refractivity contribution in [2.24, 2.45) is 5.92 Å². The van der Waals surface area contributed by atoms with Crippen molar-refractivity contribution >= 4 is 11.8 Å². The molecule has 2 aliphatic rings. The van der Waals surface area contributed by atoms with Gasteiger partial charge < -0.3 is 15.0 Å². The normalized spacial score (nSPS) is 21.5. The summed E-state index contributed by atoms with van der Waals surface area (Å²) in [5, 5.41) is 3.11. The van der Waals surface area contributed by atoms with Gasteiger partial charge in [-0.25, -0.2) is 0 Å². The maximum atomic E-state index is 13.3. The van der Waals surface area contributed by atoms with Gasteiger partial charge in [-0.3, -0.25) is 14.6 Å².